The highest BCUT2D eigenvalue weighted by Crippen LogP contribution is 2.14. The first kappa shape index (κ1) is 17.1. The van der Waals surface area contributed by atoms with Crippen molar-refractivity contribution < 1.29 is 9.72 Å². The van der Waals surface area contributed by atoms with Gasteiger partial charge in [0.05, 0.1) is 10.6 Å². The van der Waals surface area contributed by atoms with Gasteiger partial charge in [0.2, 0.25) is 0 Å². The zero-order valence-corrected chi connectivity index (χ0v) is 13.7. The van der Waals surface area contributed by atoms with Crippen LogP contribution in [0.1, 0.15) is 22.8 Å². The maximum atomic E-state index is 12.1. The second-order valence-electron chi connectivity index (χ2n) is 5.39. The Balaban J connectivity index is 2.10. The second-order valence-corrected chi connectivity index (χ2v) is 5.39. The zero-order chi connectivity index (χ0) is 17.7. The first-order valence-electron chi connectivity index (χ1n) is 7.25. The number of carbonyl (C=O) groups excluding carboxylic acids is 1. The van der Waals surface area contributed by atoms with Gasteiger partial charge in [0.1, 0.15) is 0 Å². The molecule has 7 nitrogen and oxygen atoms in total. The lowest BCUT2D eigenvalue weighted by molar-refractivity contribution is -0.384. The van der Waals surface area contributed by atoms with Crippen molar-refractivity contribution in [1.82, 2.24) is 5.43 Å². The minimum absolute atomic E-state index is 0.136. The minimum Gasteiger partial charge on any atom is -0.378 e. The van der Waals surface area contributed by atoms with Crippen molar-refractivity contribution in [2.45, 2.75) is 6.92 Å². The van der Waals surface area contributed by atoms with Crippen LogP contribution in [0.5, 0.6) is 0 Å². The molecule has 0 aliphatic heterocycles. The van der Waals surface area contributed by atoms with Crippen LogP contribution in [0.15, 0.2) is 53.6 Å². The van der Waals surface area contributed by atoms with Gasteiger partial charge in [-0.2, -0.15) is 5.10 Å². The Morgan fingerprint density at radius 1 is 1.12 bits per heavy atom. The first-order chi connectivity index (χ1) is 11.4. The van der Waals surface area contributed by atoms with Crippen LogP contribution < -0.4 is 10.3 Å². The fourth-order valence-corrected chi connectivity index (χ4v) is 2.03. The number of anilines is 1. The Bertz CT molecular complexity index is 783. The quantitative estimate of drug-likeness (QED) is 0.520. The van der Waals surface area contributed by atoms with Gasteiger partial charge in [-0.15, -0.1) is 0 Å². The molecule has 0 bridgehead atoms. The summed E-state index contributed by atoms with van der Waals surface area (Å²) in [5.74, 6) is -0.497. The van der Waals surface area contributed by atoms with Crippen LogP contribution in [-0.4, -0.2) is 30.6 Å². The van der Waals surface area contributed by atoms with E-state index in [0.717, 1.165) is 11.3 Å². The van der Waals surface area contributed by atoms with Gasteiger partial charge < -0.3 is 4.90 Å². The van der Waals surface area contributed by atoms with Crippen molar-refractivity contribution in [2.75, 3.05) is 19.0 Å². The summed E-state index contributed by atoms with van der Waals surface area (Å²) >= 11 is 0. The summed E-state index contributed by atoms with van der Waals surface area (Å²) in [5.41, 5.74) is 5.04. The zero-order valence-electron chi connectivity index (χ0n) is 13.7. The molecule has 0 aromatic heterocycles. The molecule has 0 aliphatic carbocycles. The molecule has 0 unspecified atom stereocenters. The number of amides is 1. The van der Waals surface area contributed by atoms with E-state index in [1.165, 1.54) is 24.3 Å². The van der Waals surface area contributed by atoms with E-state index in [0.29, 0.717) is 5.71 Å². The summed E-state index contributed by atoms with van der Waals surface area (Å²) in [4.78, 5) is 24.2. The summed E-state index contributed by atoms with van der Waals surface area (Å²) < 4.78 is 0. The molecule has 0 fully saturated rings. The Kier molecular flexibility index (Phi) is 5.26. The van der Waals surface area contributed by atoms with Crippen LogP contribution in [0.25, 0.3) is 0 Å². The average Bonchev–Trinajstić information content (AvgIpc) is 2.59. The molecule has 24 heavy (non-hydrogen) atoms. The fourth-order valence-electron chi connectivity index (χ4n) is 2.03. The van der Waals surface area contributed by atoms with Gasteiger partial charge in [-0.05, 0) is 30.7 Å². The van der Waals surface area contributed by atoms with E-state index in [9.17, 15) is 14.9 Å². The SMILES string of the molecule is C/C(=N/NC(=O)c1cccc([N+](=O)[O-])c1)c1ccc(N(C)C)cc1. The molecule has 2 aromatic rings. The van der Waals surface area contributed by atoms with Gasteiger partial charge in [0.25, 0.3) is 11.6 Å². The van der Waals surface area contributed by atoms with Gasteiger partial charge in [0.15, 0.2) is 0 Å². The highest BCUT2D eigenvalue weighted by Gasteiger charge is 2.11. The van der Waals surface area contributed by atoms with Crippen LogP contribution >= 0.6 is 0 Å². The summed E-state index contributed by atoms with van der Waals surface area (Å²) in [6.07, 6.45) is 0. The van der Waals surface area contributed by atoms with Crippen LogP contribution in [-0.2, 0) is 0 Å². The molecule has 7 heteroatoms. The van der Waals surface area contributed by atoms with Gasteiger partial charge in [0, 0.05) is 37.5 Å². The van der Waals surface area contributed by atoms with E-state index in [1.807, 2.05) is 43.3 Å². The van der Waals surface area contributed by atoms with E-state index >= 15 is 0 Å². The average molecular weight is 326 g/mol. The lowest BCUT2D eigenvalue weighted by Crippen LogP contribution is -2.19. The maximum absolute atomic E-state index is 12.1. The summed E-state index contributed by atoms with van der Waals surface area (Å²) in [6, 6.07) is 13.2. The number of carbonyl (C=O) groups is 1. The molecule has 2 rings (SSSR count). The number of rotatable bonds is 5. The van der Waals surface area contributed by atoms with Crippen molar-refractivity contribution in [3.8, 4) is 0 Å². The van der Waals surface area contributed by atoms with Crippen LogP contribution in [0, 0.1) is 10.1 Å². The molecule has 124 valence electrons. The third-order valence-corrected chi connectivity index (χ3v) is 3.45. The first-order valence-corrected chi connectivity index (χ1v) is 7.25. The molecule has 0 atom stereocenters. The largest absolute Gasteiger partial charge is 0.378 e. The Morgan fingerprint density at radius 2 is 1.79 bits per heavy atom. The molecule has 1 amide bonds. The number of benzene rings is 2. The Morgan fingerprint density at radius 3 is 2.38 bits per heavy atom. The summed E-state index contributed by atoms with van der Waals surface area (Å²) in [6.45, 7) is 1.78. The predicted molar refractivity (Wildman–Crippen MR) is 93.5 cm³/mol. The Hall–Kier alpha value is -3.22. The molecule has 0 heterocycles. The number of nitrogens with one attached hydrogen (secondary N) is 1. The number of nitro groups is 1. The third-order valence-electron chi connectivity index (χ3n) is 3.45. The van der Waals surface area contributed by atoms with Crippen LogP contribution in [0.3, 0.4) is 0 Å². The van der Waals surface area contributed by atoms with Crippen LogP contribution in [0.2, 0.25) is 0 Å². The van der Waals surface area contributed by atoms with Crippen molar-refractivity contribution in [3.05, 3.63) is 69.8 Å². The lowest BCUT2D eigenvalue weighted by Gasteiger charge is -2.12. The molecule has 0 saturated carbocycles. The number of nitro benzene ring substituents is 1. The van der Waals surface area contributed by atoms with Gasteiger partial charge in [-0.3, -0.25) is 14.9 Å². The minimum atomic E-state index is -0.544. The number of hydrogen-bond acceptors (Lipinski definition) is 5. The van der Waals surface area contributed by atoms with Gasteiger partial charge >= 0.3 is 0 Å². The summed E-state index contributed by atoms with van der Waals surface area (Å²) in [5, 5.41) is 14.8. The molecule has 0 spiro atoms. The van der Waals surface area contributed by atoms with Crippen molar-refractivity contribution in [2.24, 2.45) is 5.10 Å². The van der Waals surface area contributed by atoms with Gasteiger partial charge in [-0.25, -0.2) is 5.43 Å². The van der Waals surface area contributed by atoms with E-state index in [1.54, 1.807) is 6.92 Å². The number of hydrazone groups is 1. The van der Waals surface area contributed by atoms with Crippen molar-refractivity contribution in [1.29, 1.82) is 0 Å². The van der Waals surface area contributed by atoms with Gasteiger partial charge in [-0.1, -0.05) is 18.2 Å². The van der Waals surface area contributed by atoms with Crippen molar-refractivity contribution in [3.63, 3.8) is 0 Å². The summed E-state index contributed by atoms with van der Waals surface area (Å²) in [7, 11) is 3.91. The highest BCUT2D eigenvalue weighted by atomic mass is 16.6. The lowest BCUT2D eigenvalue weighted by atomic mass is 10.1. The van der Waals surface area contributed by atoms with Crippen LogP contribution in [0.4, 0.5) is 11.4 Å². The second kappa shape index (κ2) is 7.36. The number of hydrogen-bond donors (Lipinski definition) is 1. The number of non-ortho nitro benzene ring substituents is 1. The van der Waals surface area contributed by atoms with E-state index in [2.05, 4.69) is 10.5 Å². The fraction of sp³-hybridized carbons (Fsp3) is 0.176. The molecule has 2 aromatic carbocycles. The molecular formula is C17H18N4O3. The number of nitrogens with zero attached hydrogens (tertiary/aromatic N) is 3. The van der Waals surface area contributed by atoms with E-state index in [-0.39, 0.29) is 11.3 Å². The standard InChI is InChI=1S/C17H18N4O3/c1-12(13-7-9-15(10-8-13)20(2)3)18-19-17(22)14-5-4-6-16(11-14)21(23)24/h4-11H,1-3H3,(H,19,22)/b18-12-. The molecule has 0 saturated heterocycles. The smallest absolute Gasteiger partial charge is 0.271 e. The maximum Gasteiger partial charge on any atom is 0.271 e. The Labute approximate surface area is 139 Å². The topological polar surface area (TPSA) is 87.8 Å². The molecule has 0 aliphatic rings. The molecule has 1 N–H and O–H groups in total. The molecular weight excluding hydrogens is 308 g/mol. The van der Waals surface area contributed by atoms with E-state index < -0.39 is 10.8 Å². The monoisotopic (exact) mass is 326 g/mol. The predicted octanol–water partition coefficient (Wildman–Crippen LogP) is 2.81. The third kappa shape index (κ3) is 4.16. The van der Waals surface area contributed by atoms with E-state index in [4.69, 9.17) is 0 Å². The normalized spacial score (nSPS) is 11.0. The van der Waals surface area contributed by atoms with Crippen molar-refractivity contribution >= 4 is 23.0 Å². The highest BCUT2D eigenvalue weighted by molar-refractivity contribution is 6.01. The molecule has 0 radical (unpaired) electrons.